The van der Waals surface area contributed by atoms with E-state index in [-0.39, 0.29) is 17.6 Å². The predicted molar refractivity (Wildman–Crippen MR) is 89.8 cm³/mol. The average Bonchev–Trinajstić information content (AvgIpc) is 3.04. The molecule has 1 amide bonds. The van der Waals surface area contributed by atoms with E-state index >= 15 is 0 Å². The number of fused-ring (bicyclic) bond motifs is 2. The van der Waals surface area contributed by atoms with Gasteiger partial charge >= 0.3 is 0 Å². The first kappa shape index (κ1) is 14.0. The highest BCUT2D eigenvalue weighted by molar-refractivity contribution is 6.43. The van der Waals surface area contributed by atoms with Gasteiger partial charge in [0, 0.05) is 24.5 Å². The SMILES string of the molecule is O=C(C(=O)N1CCCc2ccccc21)C1CNc2ccccc21. The van der Waals surface area contributed by atoms with E-state index in [4.69, 9.17) is 0 Å². The Morgan fingerprint density at radius 1 is 1.04 bits per heavy atom. The van der Waals surface area contributed by atoms with Crippen molar-refractivity contribution in [1.82, 2.24) is 0 Å². The number of carbonyl (C=O) groups is 2. The van der Waals surface area contributed by atoms with E-state index < -0.39 is 0 Å². The van der Waals surface area contributed by atoms with Gasteiger partial charge in [0.1, 0.15) is 0 Å². The molecule has 4 heteroatoms. The van der Waals surface area contributed by atoms with Crippen molar-refractivity contribution in [2.24, 2.45) is 0 Å². The summed E-state index contributed by atoms with van der Waals surface area (Å²) in [5.74, 6) is -1.09. The maximum atomic E-state index is 12.8. The third-order valence-electron chi connectivity index (χ3n) is 4.72. The van der Waals surface area contributed by atoms with Crippen LogP contribution in [0.3, 0.4) is 0 Å². The molecule has 2 aromatic rings. The van der Waals surface area contributed by atoms with Crippen molar-refractivity contribution in [3.8, 4) is 0 Å². The van der Waals surface area contributed by atoms with Crippen molar-refractivity contribution in [3.63, 3.8) is 0 Å². The molecular formula is C19H18N2O2. The van der Waals surface area contributed by atoms with Crippen LogP contribution in [0.5, 0.6) is 0 Å². The lowest BCUT2D eigenvalue weighted by Gasteiger charge is -2.29. The van der Waals surface area contributed by atoms with E-state index in [9.17, 15) is 9.59 Å². The Kier molecular flexibility index (Phi) is 3.37. The van der Waals surface area contributed by atoms with Gasteiger partial charge in [0.2, 0.25) is 5.78 Å². The molecule has 0 bridgehead atoms. The molecule has 116 valence electrons. The number of carbonyl (C=O) groups excluding carboxylic acids is 2. The highest BCUT2D eigenvalue weighted by Crippen LogP contribution is 2.33. The third-order valence-corrected chi connectivity index (χ3v) is 4.72. The van der Waals surface area contributed by atoms with Gasteiger partial charge in [-0.05, 0) is 36.1 Å². The molecule has 2 aliphatic heterocycles. The Hall–Kier alpha value is -2.62. The van der Waals surface area contributed by atoms with Gasteiger partial charge in [-0.2, -0.15) is 0 Å². The summed E-state index contributed by atoms with van der Waals surface area (Å²) >= 11 is 0. The van der Waals surface area contributed by atoms with E-state index in [1.165, 1.54) is 0 Å². The van der Waals surface area contributed by atoms with E-state index in [0.717, 1.165) is 35.3 Å². The molecule has 0 fully saturated rings. The smallest absolute Gasteiger partial charge is 0.295 e. The number of anilines is 2. The molecule has 2 aliphatic rings. The van der Waals surface area contributed by atoms with Crippen molar-refractivity contribution < 1.29 is 9.59 Å². The van der Waals surface area contributed by atoms with Crippen molar-refractivity contribution in [1.29, 1.82) is 0 Å². The second-order valence-electron chi connectivity index (χ2n) is 6.07. The van der Waals surface area contributed by atoms with Crippen molar-refractivity contribution in [2.45, 2.75) is 18.8 Å². The molecule has 0 saturated heterocycles. The number of Topliss-reactive ketones (excluding diaryl/α,β-unsaturated/α-hetero) is 1. The van der Waals surface area contributed by atoms with Gasteiger partial charge in [-0.3, -0.25) is 9.59 Å². The molecule has 1 atom stereocenters. The Bertz CT molecular complexity index is 784. The van der Waals surface area contributed by atoms with Crippen LogP contribution in [0.1, 0.15) is 23.5 Å². The Morgan fingerprint density at radius 3 is 2.74 bits per heavy atom. The number of nitrogens with one attached hydrogen (secondary N) is 1. The first-order valence-electron chi connectivity index (χ1n) is 8.02. The number of ketones is 1. The molecule has 4 rings (SSSR count). The summed E-state index contributed by atoms with van der Waals surface area (Å²) in [6.07, 6.45) is 1.86. The first-order valence-corrected chi connectivity index (χ1v) is 8.02. The standard InChI is InChI=1S/C19H18N2O2/c22-18(15-12-20-16-9-3-2-8-14(15)16)19(23)21-11-5-7-13-6-1-4-10-17(13)21/h1-4,6,8-10,15,20H,5,7,11-12H2. The minimum atomic E-state index is -0.388. The molecule has 0 saturated carbocycles. The molecule has 1 unspecified atom stereocenters. The number of hydrogen-bond acceptors (Lipinski definition) is 3. The molecule has 23 heavy (non-hydrogen) atoms. The Labute approximate surface area is 135 Å². The van der Waals surface area contributed by atoms with Crippen LogP contribution in [0.15, 0.2) is 48.5 Å². The molecule has 2 heterocycles. The zero-order valence-corrected chi connectivity index (χ0v) is 12.8. The zero-order valence-electron chi connectivity index (χ0n) is 12.8. The van der Waals surface area contributed by atoms with E-state index in [0.29, 0.717) is 13.1 Å². The summed E-state index contributed by atoms with van der Waals surface area (Å²) < 4.78 is 0. The summed E-state index contributed by atoms with van der Waals surface area (Å²) in [5, 5.41) is 3.22. The molecule has 0 aliphatic carbocycles. The van der Waals surface area contributed by atoms with Gasteiger partial charge in [-0.15, -0.1) is 0 Å². The topological polar surface area (TPSA) is 49.4 Å². The van der Waals surface area contributed by atoms with Crippen LogP contribution in [-0.4, -0.2) is 24.8 Å². The number of hydrogen-bond donors (Lipinski definition) is 1. The van der Waals surface area contributed by atoms with Crippen LogP contribution in [0.2, 0.25) is 0 Å². The van der Waals surface area contributed by atoms with Gasteiger partial charge in [0.25, 0.3) is 5.91 Å². The molecule has 4 nitrogen and oxygen atoms in total. The van der Waals surface area contributed by atoms with Crippen LogP contribution >= 0.6 is 0 Å². The monoisotopic (exact) mass is 306 g/mol. The number of amides is 1. The van der Waals surface area contributed by atoms with Gasteiger partial charge in [0.05, 0.1) is 5.92 Å². The fraction of sp³-hybridized carbons (Fsp3) is 0.263. The van der Waals surface area contributed by atoms with Crippen molar-refractivity contribution in [2.75, 3.05) is 23.3 Å². The minimum Gasteiger partial charge on any atom is -0.384 e. The molecule has 0 spiro atoms. The van der Waals surface area contributed by atoms with Crippen LogP contribution in [-0.2, 0) is 16.0 Å². The first-order chi connectivity index (χ1) is 11.3. The second-order valence-corrected chi connectivity index (χ2v) is 6.07. The van der Waals surface area contributed by atoms with Gasteiger partial charge < -0.3 is 10.2 Å². The third kappa shape index (κ3) is 2.31. The number of para-hydroxylation sites is 2. The van der Waals surface area contributed by atoms with Crippen LogP contribution in [0.4, 0.5) is 11.4 Å². The molecular weight excluding hydrogens is 288 g/mol. The second kappa shape index (κ2) is 5.54. The Balaban J connectivity index is 1.62. The summed E-state index contributed by atoms with van der Waals surface area (Å²) in [6, 6.07) is 15.6. The average molecular weight is 306 g/mol. The molecule has 1 N–H and O–H groups in total. The van der Waals surface area contributed by atoms with E-state index in [1.807, 2.05) is 48.5 Å². The summed E-state index contributed by atoms with van der Waals surface area (Å²) in [5.41, 5.74) is 3.91. The number of nitrogens with zero attached hydrogens (tertiary/aromatic N) is 1. The molecule has 0 aromatic heterocycles. The van der Waals surface area contributed by atoms with Gasteiger partial charge in [-0.25, -0.2) is 0 Å². The number of rotatable bonds is 2. The number of benzene rings is 2. The summed E-state index contributed by atoms with van der Waals surface area (Å²) in [7, 11) is 0. The fourth-order valence-corrected chi connectivity index (χ4v) is 3.54. The largest absolute Gasteiger partial charge is 0.384 e. The van der Waals surface area contributed by atoms with E-state index in [1.54, 1.807) is 4.90 Å². The van der Waals surface area contributed by atoms with Gasteiger partial charge in [-0.1, -0.05) is 36.4 Å². The quantitative estimate of drug-likeness (QED) is 0.868. The molecule has 0 radical (unpaired) electrons. The maximum Gasteiger partial charge on any atom is 0.295 e. The van der Waals surface area contributed by atoms with E-state index in [2.05, 4.69) is 5.32 Å². The van der Waals surface area contributed by atoms with Crippen molar-refractivity contribution >= 4 is 23.1 Å². The lowest BCUT2D eigenvalue weighted by atomic mass is 9.94. The minimum absolute atomic E-state index is 0.320. The summed E-state index contributed by atoms with van der Waals surface area (Å²) in [6.45, 7) is 1.11. The number of aryl methyl sites for hydroxylation is 1. The predicted octanol–water partition coefficient (Wildman–Crippen LogP) is 2.74. The summed E-state index contributed by atoms with van der Waals surface area (Å²) in [4.78, 5) is 27.2. The van der Waals surface area contributed by atoms with Crippen LogP contribution in [0, 0.1) is 0 Å². The highest BCUT2D eigenvalue weighted by Gasteiger charge is 2.36. The Morgan fingerprint density at radius 2 is 1.83 bits per heavy atom. The fourth-order valence-electron chi connectivity index (χ4n) is 3.54. The van der Waals surface area contributed by atoms with Crippen molar-refractivity contribution in [3.05, 3.63) is 59.7 Å². The zero-order chi connectivity index (χ0) is 15.8. The maximum absolute atomic E-state index is 12.8. The highest BCUT2D eigenvalue weighted by atomic mass is 16.2. The lowest BCUT2D eigenvalue weighted by Crippen LogP contribution is -2.42. The molecule has 2 aromatic carbocycles. The van der Waals surface area contributed by atoms with Gasteiger partial charge in [0.15, 0.2) is 0 Å². The normalized spacial score (nSPS) is 18.8. The van der Waals surface area contributed by atoms with Crippen LogP contribution < -0.4 is 10.2 Å². The van der Waals surface area contributed by atoms with Crippen LogP contribution in [0.25, 0.3) is 0 Å². The lowest BCUT2D eigenvalue weighted by molar-refractivity contribution is -0.137.